The van der Waals surface area contributed by atoms with Crippen LogP contribution in [0.15, 0.2) is 24.5 Å². The molecule has 1 unspecified atom stereocenters. The maximum atomic E-state index is 12.2. The second kappa shape index (κ2) is 7.09. The summed E-state index contributed by atoms with van der Waals surface area (Å²) in [6, 6.07) is 4.75. The molecule has 1 atom stereocenters. The molecule has 0 saturated carbocycles. The molecule has 1 heterocycles. The minimum Gasteiger partial charge on any atom is -0.388 e. The number of amides is 1. The summed E-state index contributed by atoms with van der Waals surface area (Å²) >= 11 is 11.8. The summed E-state index contributed by atoms with van der Waals surface area (Å²) in [5, 5.41) is 15.0. The van der Waals surface area contributed by atoms with E-state index in [0.29, 0.717) is 28.0 Å². The number of aromatic nitrogens is 3. The number of benzene rings is 1. The predicted octanol–water partition coefficient (Wildman–Crippen LogP) is 2.20. The number of carbonyl (C=O) groups is 1. The van der Waals surface area contributed by atoms with Crippen LogP contribution in [0.3, 0.4) is 0 Å². The Labute approximate surface area is 138 Å². The van der Waals surface area contributed by atoms with E-state index < -0.39 is 6.10 Å². The average molecular weight is 343 g/mol. The summed E-state index contributed by atoms with van der Waals surface area (Å²) in [4.78, 5) is 17.7. The highest BCUT2D eigenvalue weighted by atomic mass is 35.5. The number of rotatable bonds is 5. The van der Waals surface area contributed by atoms with E-state index in [2.05, 4.69) is 10.1 Å². The predicted molar refractivity (Wildman–Crippen MR) is 83.5 cm³/mol. The summed E-state index contributed by atoms with van der Waals surface area (Å²) in [6.45, 7) is 0.318. The highest BCUT2D eigenvalue weighted by molar-refractivity contribution is 6.34. The first-order chi connectivity index (χ1) is 10.4. The van der Waals surface area contributed by atoms with Gasteiger partial charge in [-0.1, -0.05) is 23.2 Å². The Morgan fingerprint density at radius 3 is 2.55 bits per heavy atom. The highest BCUT2D eigenvalue weighted by Crippen LogP contribution is 2.25. The Hall–Kier alpha value is -1.63. The van der Waals surface area contributed by atoms with Gasteiger partial charge in [-0.25, -0.2) is 4.98 Å². The number of carbonyl (C=O) groups excluding carboxylic acids is 1. The van der Waals surface area contributed by atoms with Gasteiger partial charge >= 0.3 is 0 Å². The van der Waals surface area contributed by atoms with E-state index in [-0.39, 0.29) is 12.3 Å². The highest BCUT2D eigenvalue weighted by Gasteiger charge is 2.18. The smallest absolute Gasteiger partial charge is 0.225 e. The van der Waals surface area contributed by atoms with Crippen molar-refractivity contribution in [3.8, 4) is 0 Å². The molecule has 0 spiro atoms. The van der Waals surface area contributed by atoms with E-state index in [1.807, 2.05) is 0 Å². The number of hydrogen-bond donors (Lipinski definition) is 1. The van der Waals surface area contributed by atoms with Gasteiger partial charge in [-0.15, -0.1) is 0 Å². The summed E-state index contributed by atoms with van der Waals surface area (Å²) in [5.74, 6) is 0.447. The number of halogens is 2. The van der Waals surface area contributed by atoms with Crippen LogP contribution in [0.1, 0.15) is 23.9 Å². The zero-order valence-electron chi connectivity index (χ0n) is 12.2. The van der Waals surface area contributed by atoms with Gasteiger partial charge in [0.15, 0.2) is 0 Å². The lowest BCUT2D eigenvalue weighted by atomic mass is 10.1. The molecule has 0 fully saturated rings. The van der Waals surface area contributed by atoms with Gasteiger partial charge in [-0.3, -0.25) is 9.48 Å². The van der Waals surface area contributed by atoms with E-state index in [0.717, 1.165) is 0 Å². The molecule has 118 valence electrons. The van der Waals surface area contributed by atoms with Crippen LogP contribution in [0.25, 0.3) is 0 Å². The molecule has 22 heavy (non-hydrogen) atoms. The van der Waals surface area contributed by atoms with Crippen molar-refractivity contribution in [2.75, 3.05) is 7.05 Å². The summed E-state index contributed by atoms with van der Waals surface area (Å²) in [5.41, 5.74) is 0.512. The van der Waals surface area contributed by atoms with Gasteiger partial charge in [0.2, 0.25) is 5.91 Å². The van der Waals surface area contributed by atoms with Gasteiger partial charge in [0.25, 0.3) is 0 Å². The number of nitrogens with zero attached hydrogens (tertiary/aromatic N) is 4. The minimum absolute atomic E-state index is 0.0645. The fourth-order valence-electron chi connectivity index (χ4n) is 1.97. The average Bonchev–Trinajstić information content (AvgIpc) is 2.83. The maximum Gasteiger partial charge on any atom is 0.225 e. The summed E-state index contributed by atoms with van der Waals surface area (Å²) in [7, 11) is 3.40. The molecule has 1 aromatic heterocycles. The Kier molecular flexibility index (Phi) is 5.39. The zero-order valence-corrected chi connectivity index (χ0v) is 13.7. The summed E-state index contributed by atoms with van der Waals surface area (Å²) in [6.07, 6.45) is 0.396. The van der Waals surface area contributed by atoms with Crippen LogP contribution < -0.4 is 0 Å². The molecule has 0 radical (unpaired) electrons. The molecule has 1 amide bonds. The molecule has 1 N–H and O–H groups in total. The number of hydrogen-bond acceptors (Lipinski definition) is 4. The molecule has 0 aliphatic carbocycles. The van der Waals surface area contributed by atoms with Crippen molar-refractivity contribution in [1.29, 1.82) is 0 Å². The Morgan fingerprint density at radius 1 is 1.36 bits per heavy atom. The number of aliphatic hydroxyl groups is 1. The Balaban J connectivity index is 1.99. The third-order valence-electron chi connectivity index (χ3n) is 3.25. The van der Waals surface area contributed by atoms with Crippen LogP contribution in [0.4, 0.5) is 0 Å². The first-order valence-corrected chi connectivity index (χ1v) is 7.33. The van der Waals surface area contributed by atoms with E-state index >= 15 is 0 Å². The molecule has 0 aliphatic heterocycles. The first-order valence-electron chi connectivity index (χ1n) is 6.57. The first kappa shape index (κ1) is 16.7. The molecular formula is C14H16Cl2N4O2. The van der Waals surface area contributed by atoms with Gasteiger partial charge in [0, 0.05) is 24.1 Å². The van der Waals surface area contributed by atoms with Crippen molar-refractivity contribution in [2.24, 2.45) is 7.05 Å². The molecule has 6 nitrogen and oxygen atoms in total. The summed E-state index contributed by atoms with van der Waals surface area (Å²) < 4.78 is 1.59. The quantitative estimate of drug-likeness (QED) is 0.904. The lowest BCUT2D eigenvalue weighted by Crippen LogP contribution is -2.28. The van der Waals surface area contributed by atoms with Crippen molar-refractivity contribution >= 4 is 29.1 Å². The van der Waals surface area contributed by atoms with Crippen LogP contribution in [0.5, 0.6) is 0 Å². The molecule has 8 heteroatoms. The lowest BCUT2D eigenvalue weighted by molar-refractivity contribution is -0.132. The van der Waals surface area contributed by atoms with Crippen molar-refractivity contribution in [2.45, 2.75) is 19.1 Å². The van der Waals surface area contributed by atoms with Gasteiger partial charge < -0.3 is 10.0 Å². The second-order valence-corrected chi connectivity index (χ2v) is 5.85. The van der Waals surface area contributed by atoms with E-state index in [1.54, 1.807) is 37.0 Å². The number of aryl methyl sites for hydroxylation is 1. The normalized spacial score (nSPS) is 12.2. The van der Waals surface area contributed by atoms with Crippen molar-refractivity contribution in [3.63, 3.8) is 0 Å². The van der Waals surface area contributed by atoms with Crippen molar-refractivity contribution in [1.82, 2.24) is 19.7 Å². The zero-order chi connectivity index (χ0) is 16.3. The molecule has 0 bridgehead atoms. The van der Waals surface area contributed by atoms with Crippen LogP contribution in [-0.2, 0) is 18.4 Å². The maximum absolute atomic E-state index is 12.2. The monoisotopic (exact) mass is 342 g/mol. The van der Waals surface area contributed by atoms with Gasteiger partial charge in [-0.2, -0.15) is 5.10 Å². The fourth-order valence-corrected chi connectivity index (χ4v) is 2.51. The van der Waals surface area contributed by atoms with Gasteiger partial charge in [0.05, 0.1) is 19.1 Å². The Morgan fingerprint density at radius 2 is 2.00 bits per heavy atom. The van der Waals surface area contributed by atoms with Gasteiger partial charge in [0.1, 0.15) is 12.2 Å². The SMILES string of the molecule is CN(Cc1ncnn1C)C(=O)CC(O)c1cc(Cl)cc(Cl)c1. The standard InChI is InChI=1S/C14H16Cl2N4O2/c1-19(7-13-17-8-18-20(13)2)14(22)6-12(21)9-3-10(15)5-11(16)4-9/h3-5,8,12,21H,6-7H2,1-2H3. The molecule has 0 saturated heterocycles. The lowest BCUT2D eigenvalue weighted by Gasteiger charge is -2.19. The minimum atomic E-state index is -0.967. The third-order valence-corrected chi connectivity index (χ3v) is 3.68. The van der Waals surface area contributed by atoms with Crippen LogP contribution >= 0.6 is 23.2 Å². The fraction of sp³-hybridized carbons (Fsp3) is 0.357. The molecule has 2 rings (SSSR count). The molecular weight excluding hydrogens is 327 g/mol. The third kappa shape index (κ3) is 4.19. The van der Waals surface area contributed by atoms with Crippen LogP contribution in [0, 0.1) is 0 Å². The molecule has 1 aromatic carbocycles. The van der Waals surface area contributed by atoms with Gasteiger partial charge in [-0.05, 0) is 23.8 Å². The van der Waals surface area contributed by atoms with E-state index in [4.69, 9.17) is 23.2 Å². The van der Waals surface area contributed by atoms with Crippen LogP contribution in [-0.4, -0.2) is 37.7 Å². The van der Waals surface area contributed by atoms with Crippen molar-refractivity contribution < 1.29 is 9.90 Å². The van der Waals surface area contributed by atoms with E-state index in [1.165, 1.54) is 11.2 Å². The topological polar surface area (TPSA) is 71.2 Å². The molecule has 2 aromatic rings. The Bertz CT molecular complexity index is 654. The largest absolute Gasteiger partial charge is 0.388 e. The number of aliphatic hydroxyl groups excluding tert-OH is 1. The second-order valence-electron chi connectivity index (χ2n) is 4.97. The van der Waals surface area contributed by atoms with Crippen LogP contribution in [0.2, 0.25) is 10.0 Å². The van der Waals surface area contributed by atoms with Crippen molar-refractivity contribution in [3.05, 3.63) is 46.0 Å². The van der Waals surface area contributed by atoms with E-state index in [9.17, 15) is 9.90 Å². The molecule has 0 aliphatic rings.